The SMILES string of the molecule is CC(C)(C)C(=O)NCc1ccc(Cl)c(Nc2nc3cc(N4CCC(F)CC4)c(C(=O)NCC(F)(F)F)cc3[nH]2)c1Cl. The van der Waals surface area contributed by atoms with Gasteiger partial charge in [0.25, 0.3) is 5.91 Å². The minimum absolute atomic E-state index is 0.00177. The van der Waals surface area contributed by atoms with Crippen molar-refractivity contribution in [3.63, 3.8) is 0 Å². The molecule has 1 saturated heterocycles. The molecule has 0 radical (unpaired) electrons. The van der Waals surface area contributed by atoms with Crippen LogP contribution in [0.15, 0.2) is 24.3 Å². The Bertz CT molecular complexity index is 1450. The molecule has 2 amide bonds. The number of carbonyl (C=O) groups excluding carboxylic acids is 2. The number of carbonyl (C=O) groups is 2. The van der Waals surface area contributed by atoms with Crippen LogP contribution in [0.2, 0.25) is 10.0 Å². The summed E-state index contributed by atoms with van der Waals surface area (Å²) < 4.78 is 52.2. The van der Waals surface area contributed by atoms with Crippen molar-refractivity contribution in [1.29, 1.82) is 0 Å². The molecule has 2 heterocycles. The molecule has 1 aromatic heterocycles. The molecule has 41 heavy (non-hydrogen) atoms. The number of rotatable bonds is 7. The Kier molecular flexibility index (Phi) is 8.93. The zero-order valence-electron chi connectivity index (χ0n) is 22.6. The molecular weight excluding hydrogens is 587 g/mol. The van der Waals surface area contributed by atoms with Gasteiger partial charge in [-0.15, -0.1) is 0 Å². The van der Waals surface area contributed by atoms with Crippen molar-refractivity contribution < 1.29 is 27.2 Å². The first-order chi connectivity index (χ1) is 19.1. The lowest BCUT2D eigenvalue weighted by molar-refractivity contribution is -0.128. The molecule has 222 valence electrons. The first kappa shape index (κ1) is 30.7. The number of fused-ring (bicyclic) bond motifs is 1. The first-order valence-electron chi connectivity index (χ1n) is 12.9. The number of nitrogens with zero attached hydrogens (tertiary/aromatic N) is 2. The third-order valence-electron chi connectivity index (χ3n) is 6.59. The van der Waals surface area contributed by atoms with E-state index in [1.54, 1.807) is 43.9 Å². The van der Waals surface area contributed by atoms with Gasteiger partial charge in [0.15, 0.2) is 0 Å². The van der Waals surface area contributed by atoms with Crippen LogP contribution in [0.4, 0.5) is 34.9 Å². The zero-order chi connectivity index (χ0) is 30.1. The number of amides is 2. The van der Waals surface area contributed by atoms with Crippen LogP contribution >= 0.6 is 23.2 Å². The van der Waals surface area contributed by atoms with E-state index in [0.29, 0.717) is 41.1 Å². The molecule has 4 rings (SSSR count). The number of imidazole rings is 1. The molecule has 0 aliphatic carbocycles. The molecule has 1 aliphatic heterocycles. The maximum absolute atomic E-state index is 13.8. The highest BCUT2D eigenvalue weighted by Crippen LogP contribution is 2.36. The van der Waals surface area contributed by atoms with Crippen LogP contribution in [-0.2, 0) is 11.3 Å². The van der Waals surface area contributed by atoms with Crippen molar-refractivity contribution in [3.05, 3.63) is 45.4 Å². The fourth-order valence-corrected chi connectivity index (χ4v) is 4.85. The summed E-state index contributed by atoms with van der Waals surface area (Å²) in [6.07, 6.45) is -5.09. The standard InChI is InChI=1S/C27H30Cl2F4N6O2/c1-26(2,3)24(41)34-12-14-4-5-17(28)22(21(14)29)38-25-36-18-10-16(23(40)35-13-27(31,32)33)20(11-19(18)37-25)39-8-6-15(30)7-9-39/h4-5,10-11,15H,6-9,12-13H2,1-3H3,(H,34,41)(H,35,40)(H2,36,37,38). The van der Waals surface area contributed by atoms with Gasteiger partial charge >= 0.3 is 6.18 Å². The van der Waals surface area contributed by atoms with Crippen LogP contribution in [0.25, 0.3) is 11.0 Å². The van der Waals surface area contributed by atoms with Gasteiger partial charge in [0.1, 0.15) is 12.7 Å². The summed E-state index contributed by atoms with van der Waals surface area (Å²) in [4.78, 5) is 34.4. The third-order valence-corrected chi connectivity index (χ3v) is 7.34. The van der Waals surface area contributed by atoms with Crippen LogP contribution in [-0.4, -0.2) is 53.8 Å². The highest BCUT2D eigenvalue weighted by atomic mass is 35.5. The first-order valence-corrected chi connectivity index (χ1v) is 13.7. The lowest BCUT2D eigenvalue weighted by Crippen LogP contribution is -2.38. The molecule has 0 atom stereocenters. The summed E-state index contributed by atoms with van der Waals surface area (Å²) in [5.74, 6) is -0.861. The Morgan fingerprint density at radius 3 is 2.41 bits per heavy atom. The summed E-state index contributed by atoms with van der Waals surface area (Å²) in [5.41, 5.74) is 1.49. The van der Waals surface area contributed by atoms with Gasteiger partial charge < -0.3 is 25.8 Å². The van der Waals surface area contributed by atoms with Crippen LogP contribution in [0, 0.1) is 5.41 Å². The van der Waals surface area contributed by atoms with Crippen molar-refractivity contribution in [3.8, 4) is 0 Å². The Labute approximate surface area is 244 Å². The van der Waals surface area contributed by atoms with Crippen molar-refractivity contribution in [2.24, 2.45) is 5.41 Å². The van der Waals surface area contributed by atoms with Crippen LogP contribution < -0.4 is 20.9 Å². The number of aromatic amines is 1. The highest BCUT2D eigenvalue weighted by Gasteiger charge is 2.30. The molecule has 3 aromatic rings. The molecule has 2 aromatic carbocycles. The van der Waals surface area contributed by atoms with E-state index >= 15 is 0 Å². The van der Waals surface area contributed by atoms with Crippen LogP contribution in [0.1, 0.15) is 49.5 Å². The molecular formula is C27H30Cl2F4N6O2. The minimum Gasteiger partial charge on any atom is -0.371 e. The van der Waals surface area contributed by atoms with Crippen LogP contribution in [0.3, 0.4) is 0 Å². The van der Waals surface area contributed by atoms with E-state index < -0.39 is 30.2 Å². The maximum Gasteiger partial charge on any atom is 0.405 e. The van der Waals surface area contributed by atoms with Gasteiger partial charge in [0.05, 0.1) is 38.0 Å². The topological polar surface area (TPSA) is 102 Å². The van der Waals surface area contributed by atoms with Crippen molar-refractivity contribution in [2.45, 2.75) is 52.5 Å². The number of benzene rings is 2. The average Bonchev–Trinajstić information content (AvgIpc) is 3.29. The molecule has 0 saturated carbocycles. The summed E-state index contributed by atoms with van der Waals surface area (Å²) >= 11 is 13.0. The molecule has 1 aliphatic rings. The van der Waals surface area contributed by atoms with Crippen molar-refractivity contribution in [1.82, 2.24) is 20.6 Å². The average molecular weight is 617 g/mol. The molecule has 14 heteroatoms. The van der Waals surface area contributed by atoms with Gasteiger partial charge in [-0.25, -0.2) is 9.37 Å². The number of piperidine rings is 1. The number of halogens is 6. The van der Waals surface area contributed by atoms with E-state index in [9.17, 15) is 27.2 Å². The van der Waals surface area contributed by atoms with Crippen molar-refractivity contribution in [2.75, 3.05) is 29.9 Å². The Morgan fingerprint density at radius 2 is 1.78 bits per heavy atom. The number of anilines is 3. The summed E-state index contributed by atoms with van der Waals surface area (Å²) in [6, 6.07) is 6.31. The lowest BCUT2D eigenvalue weighted by Gasteiger charge is -2.32. The van der Waals surface area contributed by atoms with Gasteiger partial charge in [-0.3, -0.25) is 9.59 Å². The van der Waals surface area contributed by atoms with Gasteiger partial charge in [-0.05, 0) is 36.6 Å². The summed E-state index contributed by atoms with van der Waals surface area (Å²) in [5, 5.41) is 8.31. The summed E-state index contributed by atoms with van der Waals surface area (Å²) in [6.45, 7) is 4.64. The molecule has 1 fully saturated rings. The number of alkyl halides is 4. The van der Waals surface area contributed by atoms with Crippen molar-refractivity contribution >= 4 is 63.4 Å². The second-order valence-electron chi connectivity index (χ2n) is 10.9. The fourth-order valence-electron chi connectivity index (χ4n) is 4.32. The monoisotopic (exact) mass is 616 g/mol. The molecule has 0 spiro atoms. The predicted molar refractivity (Wildman–Crippen MR) is 152 cm³/mol. The molecule has 4 N–H and O–H groups in total. The smallest absolute Gasteiger partial charge is 0.371 e. The summed E-state index contributed by atoms with van der Waals surface area (Å²) in [7, 11) is 0. The second kappa shape index (κ2) is 11.9. The number of nitrogens with one attached hydrogen (secondary N) is 4. The maximum atomic E-state index is 13.8. The van der Waals surface area contributed by atoms with Gasteiger partial charge in [0, 0.05) is 25.0 Å². The molecule has 0 unspecified atom stereocenters. The molecule has 8 nitrogen and oxygen atoms in total. The minimum atomic E-state index is -4.58. The Morgan fingerprint density at radius 1 is 1.10 bits per heavy atom. The van der Waals surface area contributed by atoms with Gasteiger partial charge in [-0.1, -0.05) is 50.0 Å². The number of hydrogen-bond donors (Lipinski definition) is 4. The Balaban J connectivity index is 1.65. The highest BCUT2D eigenvalue weighted by molar-refractivity contribution is 6.39. The van der Waals surface area contributed by atoms with E-state index in [1.165, 1.54) is 6.07 Å². The van der Waals surface area contributed by atoms with E-state index in [-0.39, 0.29) is 46.9 Å². The zero-order valence-corrected chi connectivity index (χ0v) is 24.1. The van der Waals surface area contributed by atoms with E-state index in [4.69, 9.17) is 23.2 Å². The number of H-pyrrole nitrogens is 1. The van der Waals surface area contributed by atoms with E-state index in [2.05, 4.69) is 20.6 Å². The Hall–Kier alpha value is -3.25. The third kappa shape index (κ3) is 7.53. The van der Waals surface area contributed by atoms with E-state index in [1.807, 2.05) is 5.32 Å². The van der Waals surface area contributed by atoms with E-state index in [0.717, 1.165) is 0 Å². The number of hydrogen-bond acceptors (Lipinski definition) is 5. The number of aromatic nitrogens is 2. The van der Waals surface area contributed by atoms with Gasteiger partial charge in [0.2, 0.25) is 11.9 Å². The van der Waals surface area contributed by atoms with Gasteiger partial charge in [-0.2, -0.15) is 13.2 Å². The quantitative estimate of drug-likeness (QED) is 0.227. The largest absolute Gasteiger partial charge is 0.405 e. The normalized spacial score (nSPS) is 14.8. The van der Waals surface area contributed by atoms with Crippen LogP contribution in [0.5, 0.6) is 0 Å². The molecule has 0 bridgehead atoms. The fraction of sp³-hybridized carbons (Fsp3) is 0.444. The lowest BCUT2D eigenvalue weighted by atomic mass is 9.95. The second-order valence-corrected chi connectivity index (χ2v) is 11.7. The predicted octanol–water partition coefficient (Wildman–Crippen LogP) is 6.51.